The van der Waals surface area contributed by atoms with Crippen molar-refractivity contribution >= 4 is 27.3 Å². The number of piperazine rings is 1. The number of anilines is 1. The number of benzene rings is 1. The van der Waals surface area contributed by atoms with Crippen LogP contribution >= 0.6 is 15.9 Å². The Kier molecular flexibility index (Phi) is 3.91. The van der Waals surface area contributed by atoms with Gasteiger partial charge in [-0.25, -0.2) is 0 Å². The second kappa shape index (κ2) is 5.67. The van der Waals surface area contributed by atoms with E-state index in [1.54, 1.807) is 12.1 Å². The Hall–Kier alpha value is -1.18. The fourth-order valence-electron chi connectivity index (χ4n) is 2.83. The van der Waals surface area contributed by atoms with Crippen LogP contribution in [0.2, 0.25) is 0 Å². The number of nitro benzene ring substituents is 1. The highest BCUT2D eigenvalue weighted by molar-refractivity contribution is 9.10. The van der Waals surface area contributed by atoms with Crippen LogP contribution < -0.4 is 10.2 Å². The molecule has 1 aromatic rings. The molecular weight excluding hydrogens is 324 g/mol. The van der Waals surface area contributed by atoms with Gasteiger partial charge < -0.3 is 10.2 Å². The second-order valence-electron chi connectivity index (χ2n) is 5.23. The molecule has 2 saturated heterocycles. The minimum atomic E-state index is -0.306. The topological polar surface area (TPSA) is 61.7 Å². The van der Waals surface area contributed by atoms with Crippen molar-refractivity contribution in [3.8, 4) is 0 Å². The zero-order chi connectivity index (χ0) is 14.1. The number of hydrogen-bond donors (Lipinski definition) is 1. The third-order valence-corrected chi connectivity index (χ3v) is 4.50. The van der Waals surface area contributed by atoms with E-state index in [9.17, 15) is 10.1 Å². The van der Waals surface area contributed by atoms with Crippen LogP contribution in [0.5, 0.6) is 0 Å². The molecule has 20 heavy (non-hydrogen) atoms. The van der Waals surface area contributed by atoms with Gasteiger partial charge in [0, 0.05) is 55.8 Å². The minimum absolute atomic E-state index is 0.187. The molecule has 2 heterocycles. The molecule has 3 rings (SSSR count). The maximum absolute atomic E-state index is 11.1. The quantitative estimate of drug-likeness (QED) is 0.666. The fourth-order valence-corrected chi connectivity index (χ4v) is 3.18. The molecule has 2 aliphatic heterocycles. The van der Waals surface area contributed by atoms with Gasteiger partial charge in [-0.05, 0) is 12.1 Å². The van der Waals surface area contributed by atoms with Crippen molar-refractivity contribution in [1.29, 1.82) is 0 Å². The molecule has 0 aliphatic carbocycles. The van der Waals surface area contributed by atoms with Crippen LogP contribution in [0.4, 0.5) is 11.4 Å². The highest BCUT2D eigenvalue weighted by atomic mass is 79.9. The van der Waals surface area contributed by atoms with E-state index in [0.717, 1.165) is 49.4 Å². The molecule has 2 aliphatic rings. The molecule has 0 saturated carbocycles. The van der Waals surface area contributed by atoms with Crippen molar-refractivity contribution in [2.75, 3.05) is 44.2 Å². The summed E-state index contributed by atoms with van der Waals surface area (Å²) in [6, 6.07) is 5.65. The van der Waals surface area contributed by atoms with Gasteiger partial charge in [-0.1, -0.05) is 15.9 Å². The zero-order valence-corrected chi connectivity index (χ0v) is 12.7. The molecule has 0 bridgehead atoms. The van der Waals surface area contributed by atoms with Crippen molar-refractivity contribution in [2.45, 2.75) is 6.04 Å². The van der Waals surface area contributed by atoms with Crippen LogP contribution in [0.1, 0.15) is 0 Å². The minimum Gasteiger partial charge on any atom is -0.363 e. The van der Waals surface area contributed by atoms with Crippen LogP contribution in [0.25, 0.3) is 0 Å². The lowest BCUT2D eigenvalue weighted by Gasteiger charge is -2.47. The van der Waals surface area contributed by atoms with E-state index in [2.05, 4.69) is 31.0 Å². The fraction of sp³-hybridized carbons (Fsp3) is 0.538. The first-order chi connectivity index (χ1) is 9.65. The van der Waals surface area contributed by atoms with Gasteiger partial charge in [-0.3, -0.25) is 15.0 Å². The molecule has 0 atom stereocenters. The zero-order valence-electron chi connectivity index (χ0n) is 11.1. The summed E-state index contributed by atoms with van der Waals surface area (Å²) in [6.07, 6.45) is 0. The Morgan fingerprint density at radius 2 is 2.00 bits per heavy atom. The lowest BCUT2D eigenvalue weighted by atomic mass is 10.0. The first kappa shape index (κ1) is 13.8. The molecule has 108 valence electrons. The van der Waals surface area contributed by atoms with E-state index in [-0.39, 0.29) is 10.6 Å². The molecule has 0 spiro atoms. The molecule has 2 fully saturated rings. The van der Waals surface area contributed by atoms with Crippen molar-refractivity contribution in [2.24, 2.45) is 0 Å². The van der Waals surface area contributed by atoms with Crippen molar-refractivity contribution in [1.82, 2.24) is 10.2 Å². The Bertz CT molecular complexity index is 513. The first-order valence-corrected chi connectivity index (χ1v) is 7.58. The summed E-state index contributed by atoms with van der Waals surface area (Å²) in [7, 11) is 0. The van der Waals surface area contributed by atoms with E-state index in [1.165, 1.54) is 0 Å². The molecule has 0 unspecified atom stereocenters. The summed E-state index contributed by atoms with van der Waals surface area (Å²) in [5, 5.41) is 14.4. The van der Waals surface area contributed by atoms with Crippen molar-refractivity contribution in [3.63, 3.8) is 0 Å². The van der Waals surface area contributed by atoms with Crippen LogP contribution in [-0.2, 0) is 0 Å². The average molecular weight is 341 g/mol. The Morgan fingerprint density at radius 1 is 1.30 bits per heavy atom. The predicted molar refractivity (Wildman–Crippen MR) is 81.2 cm³/mol. The van der Waals surface area contributed by atoms with Crippen LogP contribution in [0.3, 0.4) is 0 Å². The molecule has 0 radical (unpaired) electrons. The van der Waals surface area contributed by atoms with Gasteiger partial charge in [0.05, 0.1) is 4.92 Å². The van der Waals surface area contributed by atoms with E-state index >= 15 is 0 Å². The Morgan fingerprint density at radius 3 is 2.65 bits per heavy atom. The van der Waals surface area contributed by atoms with Gasteiger partial charge in [0.15, 0.2) is 0 Å². The van der Waals surface area contributed by atoms with Crippen molar-refractivity contribution < 1.29 is 4.92 Å². The van der Waals surface area contributed by atoms with E-state index in [1.807, 2.05) is 6.07 Å². The Balaban J connectivity index is 1.70. The molecular formula is C13H17BrN4O2. The Labute approximate surface area is 126 Å². The van der Waals surface area contributed by atoms with Crippen LogP contribution in [0.15, 0.2) is 22.7 Å². The summed E-state index contributed by atoms with van der Waals surface area (Å²) >= 11 is 3.39. The summed E-state index contributed by atoms with van der Waals surface area (Å²) in [4.78, 5) is 15.4. The molecule has 0 aromatic heterocycles. The van der Waals surface area contributed by atoms with Gasteiger partial charge in [0.25, 0.3) is 5.69 Å². The van der Waals surface area contributed by atoms with Gasteiger partial charge >= 0.3 is 0 Å². The molecule has 0 amide bonds. The monoisotopic (exact) mass is 340 g/mol. The number of hydrogen-bond acceptors (Lipinski definition) is 5. The highest BCUT2D eigenvalue weighted by Crippen LogP contribution is 2.34. The average Bonchev–Trinajstić information content (AvgIpc) is 2.38. The lowest BCUT2D eigenvalue weighted by molar-refractivity contribution is -0.384. The third-order valence-electron chi connectivity index (χ3n) is 4.01. The van der Waals surface area contributed by atoms with Gasteiger partial charge in [-0.15, -0.1) is 0 Å². The molecule has 1 N–H and O–H groups in total. The maximum Gasteiger partial charge on any atom is 0.292 e. The number of nitro groups is 1. The van der Waals surface area contributed by atoms with Gasteiger partial charge in [0.2, 0.25) is 0 Å². The maximum atomic E-state index is 11.1. The van der Waals surface area contributed by atoms with E-state index in [4.69, 9.17) is 0 Å². The number of nitrogens with zero attached hydrogens (tertiary/aromatic N) is 3. The van der Waals surface area contributed by atoms with Crippen molar-refractivity contribution in [3.05, 3.63) is 32.8 Å². The van der Waals surface area contributed by atoms with E-state index in [0.29, 0.717) is 6.04 Å². The molecule has 6 nitrogen and oxygen atoms in total. The number of rotatable bonds is 3. The van der Waals surface area contributed by atoms with Gasteiger partial charge in [0.1, 0.15) is 5.69 Å². The summed E-state index contributed by atoms with van der Waals surface area (Å²) in [5.41, 5.74) is 0.905. The summed E-state index contributed by atoms with van der Waals surface area (Å²) in [5.74, 6) is 0. The second-order valence-corrected chi connectivity index (χ2v) is 6.15. The number of halogens is 1. The lowest BCUT2D eigenvalue weighted by Crippen LogP contribution is -2.63. The van der Waals surface area contributed by atoms with Crippen LogP contribution in [0, 0.1) is 10.1 Å². The first-order valence-electron chi connectivity index (χ1n) is 6.79. The molecule has 7 heteroatoms. The predicted octanol–water partition coefficient (Wildman–Crippen LogP) is 1.45. The van der Waals surface area contributed by atoms with Gasteiger partial charge in [-0.2, -0.15) is 0 Å². The van der Waals surface area contributed by atoms with Crippen LogP contribution in [-0.4, -0.2) is 55.1 Å². The highest BCUT2D eigenvalue weighted by Gasteiger charge is 2.35. The third kappa shape index (κ3) is 2.65. The summed E-state index contributed by atoms with van der Waals surface area (Å²) in [6.45, 7) is 5.95. The van der Waals surface area contributed by atoms with E-state index < -0.39 is 0 Å². The SMILES string of the molecule is O=[N+]([O-])c1ccc(Br)cc1N1CC(N2CCNCC2)C1. The normalized spacial score (nSPS) is 20.8. The standard InChI is InChI=1S/C13H17BrN4O2/c14-10-1-2-12(18(19)20)13(7-10)17-8-11(9-17)16-5-3-15-4-6-16/h1-2,7,11,15H,3-6,8-9H2. The molecule has 1 aromatic carbocycles. The largest absolute Gasteiger partial charge is 0.363 e. The number of nitrogens with one attached hydrogen (secondary N) is 1. The summed E-state index contributed by atoms with van der Waals surface area (Å²) < 4.78 is 0.878. The smallest absolute Gasteiger partial charge is 0.292 e.